The molecule has 0 radical (unpaired) electrons. The molecule has 0 heterocycles. The second-order valence-corrected chi connectivity index (χ2v) is 5.45. The van der Waals surface area contributed by atoms with Gasteiger partial charge in [0, 0.05) is 11.1 Å². The first kappa shape index (κ1) is 14.1. The second kappa shape index (κ2) is 6.74. The fraction of sp³-hybridized carbons (Fsp3) is 0.294. The van der Waals surface area contributed by atoms with Crippen LogP contribution < -0.4 is 5.32 Å². The fourth-order valence-electron chi connectivity index (χ4n) is 2.23. The van der Waals surface area contributed by atoms with Crippen molar-refractivity contribution >= 4 is 11.6 Å². The van der Waals surface area contributed by atoms with Gasteiger partial charge in [-0.05, 0) is 50.1 Å². The maximum atomic E-state index is 6.03. The van der Waals surface area contributed by atoms with Crippen molar-refractivity contribution in [1.82, 2.24) is 5.32 Å². The second-order valence-electron chi connectivity index (χ2n) is 5.01. The summed E-state index contributed by atoms with van der Waals surface area (Å²) < 4.78 is 0. The molecule has 0 aromatic heterocycles. The summed E-state index contributed by atoms with van der Waals surface area (Å²) in [5.74, 6) is 0. The molecule has 2 rings (SSSR count). The van der Waals surface area contributed by atoms with Crippen LogP contribution in [0.5, 0.6) is 0 Å². The molecule has 0 aliphatic heterocycles. The summed E-state index contributed by atoms with van der Waals surface area (Å²) in [5.41, 5.74) is 3.95. The van der Waals surface area contributed by atoms with Crippen LogP contribution in [-0.2, 0) is 12.8 Å². The summed E-state index contributed by atoms with van der Waals surface area (Å²) in [4.78, 5) is 0. The van der Waals surface area contributed by atoms with E-state index in [1.54, 1.807) is 0 Å². The summed E-state index contributed by atoms with van der Waals surface area (Å²) in [6.07, 6.45) is 2.02. The average Bonchev–Trinajstić information content (AvgIpc) is 2.40. The number of halogens is 1. The highest BCUT2D eigenvalue weighted by Crippen LogP contribution is 2.14. The first-order valence-corrected chi connectivity index (χ1v) is 7.02. The minimum Gasteiger partial charge on any atom is -0.316 e. The largest absolute Gasteiger partial charge is 0.316 e. The van der Waals surface area contributed by atoms with Gasteiger partial charge < -0.3 is 5.32 Å². The van der Waals surface area contributed by atoms with E-state index in [0.29, 0.717) is 6.04 Å². The van der Waals surface area contributed by atoms with Gasteiger partial charge in [0.15, 0.2) is 0 Å². The molecular formula is C17H20ClN. The van der Waals surface area contributed by atoms with Gasteiger partial charge in [0.1, 0.15) is 0 Å². The van der Waals surface area contributed by atoms with Crippen LogP contribution in [0, 0.1) is 6.92 Å². The topological polar surface area (TPSA) is 12.0 Å². The van der Waals surface area contributed by atoms with E-state index in [1.807, 2.05) is 25.2 Å². The summed E-state index contributed by atoms with van der Waals surface area (Å²) in [6, 6.07) is 17.3. The van der Waals surface area contributed by atoms with Crippen LogP contribution >= 0.6 is 11.6 Å². The van der Waals surface area contributed by atoms with Crippen LogP contribution in [-0.4, -0.2) is 13.1 Å². The molecule has 0 fully saturated rings. The Morgan fingerprint density at radius 3 is 2.32 bits per heavy atom. The molecule has 0 aliphatic carbocycles. The van der Waals surface area contributed by atoms with Crippen LogP contribution in [0.3, 0.4) is 0 Å². The van der Waals surface area contributed by atoms with Crippen LogP contribution in [0.25, 0.3) is 0 Å². The molecule has 0 bridgehead atoms. The molecule has 1 N–H and O–H groups in total. The smallest absolute Gasteiger partial charge is 0.0408 e. The Hall–Kier alpha value is -1.31. The monoisotopic (exact) mass is 273 g/mol. The predicted octanol–water partition coefficient (Wildman–Crippen LogP) is 4.02. The Labute approximate surface area is 120 Å². The standard InChI is InChI=1S/C17H20ClN/c1-13-6-8-14(9-7-13)11-17(19-2)12-15-4-3-5-16(18)10-15/h3-10,17,19H,11-12H2,1-2H3. The molecule has 0 saturated carbocycles. The van der Waals surface area contributed by atoms with E-state index < -0.39 is 0 Å². The zero-order chi connectivity index (χ0) is 13.7. The van der Waals surface area contributed by atoms with Crippen molar-refractivity contribution in [1.29, 1.82) is 0 Å². The Morgan fingerprint density at radius 1 is 1.00 bits per heavy atom. The van der Waals surface area contributed by atoms with E-state index in [9.17, 15) is 0 Å². The van der Waals surface area contributed by atoms with Gasteiger partial charge in [0.2, 0.25) is 0 Å². The Bertz CT molecular complexity index is 519. The summed E-state index contributed by atoms with van der Waals surface area (Å²) in [6.45, 7) is 2.12. The zero-order valence-corrected chi connectivity index (χ0v) is 12.2. The molecule has 2 aromatic rings. The van der Waals surface area contributed by atoms with Crippen molar-refractivity contribution < 1.29 is 0 Å². The van der Waals surface area contributed by atoms with Gasteiger partial charge in [-0.1, -0.05) is 53.6 Å². The van der Waals surface area contributed by atoms with E-state index in [0.717, 1.165) is 17.9 Å². The number of hydrogen-bond acceptors (Lipinski definition) is 1. The third-order valence-corrected chi connectivity index (χ3v) is 3.62. The first-order valence-electron chi connectivity index (χ1n) is 6.64. The molecule has 1 nitrogen and oxygen atoms in total. The predicted molar refractivity (Wildman–Crippen MR) is 82.9 cm³/mol. The van der Waals surface area contributed by atoms with Crippen molar-refractivity contribution in [2.45, 2.75) is 25.8 Å². The maximum Gasteiger partial charge on any atom is 0.0408 e. The van der Waals surface area contributed by atoms with Gasteiger partial charge in [0.05, 0.1) is 0 Å². The van der Waals surface area contributed by atoms with Crippen LogP contribution in [0.4, 0.5) is 0 Å². The molecule has 0 saturated heterocycles. The Balaban J connectivity index is 2.02. The molecule has 2 aromatic carbocycles. The van der Waals surface area contributed by atoms with Crippen LogP contribution in [0.15, 0.2) is 48.5 Å². The number of hydrogen-bond donors (Lipinski definition) is 1. The number of aryl methyl sites for hydroxylation is 1. The van der Waals surface area contributed by atoms with Gasteiger partial charge in [-0.15, -0.1) is 0 Å². The molecular weight excluding hydrogens is 254 g/mol. The molecule has 2 heteroatoms. The highest BCUT2D eigenvalue weighted by atomic mass is 35.5. The zero-order valence-electron chi connectivity index (χ0n) is 11.5. The van der Waals surface area contributed by atoms with Gasteiger partial charge >= 0.3 is 0 Å². The number of rotatable bonds is 5. The first-order chi connectivity index (χ1) is 9.17. The van der Waals surface area contributed by atoms with Crippen molar-refractivity contribution in [3.8, 4) is 0 Å². The van der Waals surface area contributed by atoms with E-state index in [-0.39, 0.29) is 0 Å². The third kappa shape index (κ3) is 4.38. The van der Waals surface area contributed by atoms with Crippen LogP contribution in [0.1, 0.15) is 16.7 Å². The molecule has 0 amide bonds. The van der Waals surface area contributed by atoms with Crippen molar-refractivity contribution in [2.24, 2.45) is 0 Å². The minimum atomic E-state index is 0.432. The SMILES string of the molecule is CNC(Cc1ccc(C)cc1)Cc1cccc(Cl)c1. The summed E-state index contributed by atoms with van der Waals surface area (Å²) in [7, 11) is 2.02. The van der Waals surface area contributed by atoms with Gasteiger partial charge in [-0.25, -0.2) is 0 Å². The Morgan fingerprint density at radius 2 is 1.68 bits per heavy atom. The fourth-order valence-corrected chi connectivity index (χ4v) is 2.45. The van der Waals surface area contributed by atoms with E-state index in [2.05, 4.69) is 42.6 Å². The van der Waals surface area contributed by atoms with Gasteiger partial charge in [-0.3, -0.25) is 0 Å². The maximum absolute atomic E-state index is 6.03. The van der Waals surface area contributed by atoms with E-state index in [1.165, 1.54) is 16.7 Å². The van der Waals surface area contributed by atoms with Crippen LogP contribution in [0.2, 0.25) is 5.02 Å². The summed E-state index contributed by atoms with van der Waals surface area (Å²) in [5, 5.41) is 4.20. The van der Waals surface area contributed by atoms with Gasteiger partial charge in [-0.2, -0.15) is 0 Å². The number of nitrogens with one attached hydrogen (secondary N) is 1. The van der Waals surface area contributed by atoms with Crippen molar-refractivity contribution in [3.63, 3.8) is 0 Å². The number of benzene rings is 2. The molecule has 100 valence electrons. The molecule has 1 atom stereocenters. The third-order valence-electron chi connectivity index (χ3n) is 3.38. The number of likely N-dealkylation sites (N-methyl/N-ethyl adjacent to an activating group) is 1. The highest BCUT2D eigenvalue weighted by Gasteiger charge is 2.08. The minimum absolute atomic E-state index is 0.432. The van der Waals surface area contributed by atoms with Crippen molar-refractivity contribution in [2.75, 3.05) is 7.05 Å². The Kier molecular flexibility index (Phi) is 5.00. The van der Waals surface area contributed by atoms with Gasteiger partial charge in [0.25, 0.3) is 0 Å². The lowest BCUT2D eigenvalue weighted by Crippen LogP contribution is -2.29. The molecule has 19 heavy (non-hydrogen) atoms. The normalized spacial score (nSPS) is 12.4. The van der Waals surface area contributed by atoms with Crippen molar-refractivity contribution in [3.05, 3.63) is 70.2 Å². The molecule has 0 spiro atoms. The highest BCUT2D eigenvalue weighted by molar-refractivity contribution is 6.30. The lowest BCUT2D eigenvalue weighted by Gasteiger charge is -2.16. The quantitative estimate of drug-likeness (QED) is 0.868. The molecule has 1 unspecified atom stereocenters. The molecule has 0 aliphatic rings. The van der Waals surface area contributed by atoms with E-state index in [4.69, 9.17) is 11.6 Å². The van der Waals surface area contributed by atoms with E-state index >= 15 is 0 Å². The lowest BCUT2D eigenvalue weighted by molar-refractivity contribution is 0.556. The lowest BCUT2D eigenvalue weighted by atomic mass is 9.98. The summed E-state index contributed by atoms with van der Waals surface area (Å²) >= 11 is 6.03. The average molecular weight is 274 g/mol.